The molecule has 1 aliphatic heterocycles. The molecular formula is C22H16Cl2N2O. The Balaban J connectivity index is 1.63. The van der Waals surface area contributed by atoms with Gasteiger partial charge in [-0.3, -0.25) is 10.3 Å². The van der Waals surface area contributed by atoms with Crippen LogP contribution >= 0.6 is 23.2 Å². The minimum atomic E-state index is -0.240. The van der Waals surface area contributed by atoms with E-state index in [-0.39, 0.29) is 12.1 Å². The number of benzene rings is 2. The standard InChI is InChI=1S/C22H16Cl2N2O/c23-19-8-4-7-18(20(19)24)22-21(26-14-27-22)17-11-16(12-25-13-17)10-9-15-5-2-1-3-6-15/h1-8,11-13,21-22,26H,14H2/t21-,22-/m0/s1. The van der Waals surface area contributed by atoms with Gasteiger partial charge in [-0.25, -0.2) is 0 Å². The molecule has 1 fully saturated rings. The molecule has 134 valence electrons. The predicted molar refractivity (Wildman–Crippen MR) is 108 cm³/mol. The lowest BCUT2D eigenvalue weighted by Crippen LogP contribution is -2.17. The van der Waals surface area contributed by atoms with E-state index in [1.807, 2.05) is 54.7 Å². The van der Waals surface area contributed by atoms with Crippen molar-refractivity contribution in [3.05, 3.63) is 99.3 Å². The normalized spacial score (nSPS) is 18.7. The van der Waals surface area contributed by atoms with E-state index in [2.05, 4.69) is 22.1 Å². The maximum absolute atomic E-state index is 6.40. The van der Waals surface area contributed by atoms with Crippen LogP contribution in [0.5, 0.6) is 0 Å². The molecule has 0 unspecified atom stereocenters. The Kier molecular flexibility index (Phi) is 5.42. The summed E-state index contributed by atoms with van der Waals surface area (Å²) >= 11 is 12.6. The van der Waals surface area contributed by atoms with Gasteiger partial charge in [-0.05, 0) is 29.8 Å². The summed E-state index contributed by atoms with van der Waals surface area (Å²) in [5, 5.41) is 4.39. The summed E-state index contributed by atoms with van der Waals surface area (Å²) < 4.78 is 5.89. The number of halogens is 2. The van der Waals surface area contributed by atoms with E-state index in [9.17, 15) is 0 Å². The van der Waals surface area contributed by atoms with Gasteiger partial charge in [-0.1, -0.05) is 65.4 Å². The molecule has 1 aromatic heterocycles. The number of nitrogens with one attached hydrogen (secondary N) is 1. The lowest BCUT2D eigenvalue weighted by atomic mass is 9.97. The number of hydrogen-bond donors (Lipinski definition) is 1. The van der Waals surface area contributed by atoms with E-state index in [1.165, 1.54) is 0 Å². The minimum absolute atomic E-state index is 0.0769. The molecule has 0 radical (unpaired) electrons. The quantitative estimate of drug-likeness (QED) is 0.610. The lowest BCUT2D eigenvalue weighted by Gasteiger charge is -2.20. The summed E-state index contributed by atoms with van der Waals surface area (Å²) in [6.07, 6.45) is 3.34. The van der Waals surface area contributed by atoms with Crippen LogP contribution in [0.2, 0.25) is 10.0 Å². The molecule has 0 spiro atoms. The first kappa shape index (κ1) is 18.0. The zero-order valence-corrected chi connectivity index (χ0v) is 15.8. The Labute approximate surface area is 168 Å². The summed E-state index contributed by atoms with van der Waals surface area (Å²) in [5.41, 5.74) is 3.67. The van der Waals surface area contributed by atoms with E-state index in [4.69, 9.17) is 27.9 Å². The molecule has 0 saturated carbocycles. The second kappa shape index (κ2) is 8.12. The predicted octanol–water partition coefficient (Wildman–Crippen LogP) is 5.15. The first-order valence-corrected chi connectivity index (χ1v) is 9.29. The molecule has 27 heavy (non-hydrogen) atoms. The van der Waals surface area contributed by atoms with Gasteiger partial charge in [0.15, 0.2) is 0 Å². The third kappa shape index (κ3) is 4.00. The summed E-state index contributed by atoms with van der Waals surface area (Å²) in [7, 11) is 0. The zero-order valence-electron chi connectivity index (χ0n) is 14.3. The highest BCUT2D eigenvalue weighted by Crippen LogP contribution is 2.40. The molecule has 3 nitrogen and oxygen atoms in total. The van der Waals surface area contributed by atoms with Crippen molar-refractivity contribution >= 4 is 23.2 Å². The largest absolute Gasteiger partial charge is 0.356 e. The van der Waals surface area contributed by atoms with E-state index in [0.29, 0.717) is 16.8 Å². The van der Waals surface area contributed by atoms with Crippen LogP contribution in [0.3, 0.4) is 0 Å². The van der Waals surface area contributed by atoms with Gasteiger partial charge in [0, 0.05) is 29.1 Å². The summed E-state index contributed by atoms with van der Waals surface area (Å²) in [6.45, 7) is 0.429. The van der Waals surface area contributed by atoms with Gasteiger partial charge in [0.25, 0.3) is 0 Å². The smallest absolute Gasteiger partial charge is 0.105 e. The fraction of sp³-hybridized carbons (Fsp3) is 0.136. The van der Waals surface area contributed by atoms with Crippen LogP contribution in [0.25, 0.3) is 0 Å². The molecule has 2 atom stereocenters. The molecule has 2 heterocycles. The van der Waals surface area contributed by atoms with Crippen molar-refractivity contribution in [2.45, 2.75) is 12.1 Å². The Bertz CT molecular complexity index is 1010. The lowest BCUT2D eigenvalue weighted by molar-refractivity contribution is 0.103. The van der Waals surface area contributed by atoms with Gasteiger partial charge in [0.1, 0.15) is 6.10 Å². The zero-order chi connectivity index (χ0) is 18.6. The topological polar surface area (TPSA) is 34.1 Å². The van der Waals surface area contributed by atoms with Crippen molar-refractivity contribution in [3.63, 3.8) is 0 Å². The van der Waals surface area contributed by atoms with Crippen LogP contribution in [-0.2, 0) is 4.74 Å². The van der Waals surface area contributed by atoms with Crippen LogP contribution < -0.4 is 5.32 Å². The second-order valence-corrected chi connectivity index (χ2v) is 6.96. The minimum Gasteiger partial charge on any atom is -0.356 e. The van der Waals surface area contributed by atoms with Crippen molar-refractivity contribution in [1.82, 2.24) is 10.3 Å². The maximum atomic E-state index is 6.40. The van der Waals surface area contributed by atoms with Gasteiger partial charge >= 0.3 is 0 Å². The van der Waals surface area contributed by atoms with Gasteiger partial charge in [0.2, 0.25) is 0 Å². The first-order valence-electron chi connectivity index (χ1n) is 8.53. The number of hydrogen-bond acceptors (Lipinski definition) is 3. The fourth-order valence-electron chi connectivity index (χ4n) is 3.10. The summed E-state index contributed by atoms with van der Waals surface area (Å²) in [5.74, 6) is 6.33. The summed E-state index contributed by atoms with van der Waals surface area (Å²) in [6, 6.07) is 17.4. The number of rotatable bonds is 2. The van der Waals surface area contributed by atoms with Crippen molar-refractivity contribution in [2.24, 2.45) is 0 Å². The highest BCUT2D eigenvalue weighted by Gasteiger charge is 2.32. The molecule has 0 bridgehead atoms. The van der Waals surface area contributed by atoms with Crippen molar-refractivity contribution < 1.29 is 4.74 Å². The number of ether oxygens (including phenoxy) is 1. The van der Waals surface area contributed by atoms with Crippen LogP contribution in [0.1, 0.15) is 34.4 Å². The van der Waals surface area contributed by atoms with E-state index < -0.39 is 0 Å². The molecule has 4 rings (SSSR count). The number of aromatic nitrogens is 1. The van der Waals surface area contributed by atoms with Gasteiger partial charge in [-0.2, -0.15) is 0 Å². The monoisotopic (exact) mass is 394 g/mol. The molecule has 0 aliphatic carbocycles. The molecule has 5 heteroatoms. The van der Waals surface area contributed by atoms with Crippen LogP contribution in [-0.4, -0.2) is 11.7 Å². The fourth-order valence-corrected chi connectivity index (χ4v) is 3.51. The average Bonchev–Trinajstić information content (AvgIpc) is 3.19. The summed E-state index contributed by atoms with van der Waals surface area (Å²) in [4.78, 5) is 4.35. The third-order valence-electron chi connectivity index (χ3n) is 4.40. The average molecular weight is 395 g/mol. The Morgan fingerprint density at radius 3 is 2.63 bits per heavy atom. The Morgan fingerprint density at radius 1 is 0.963 bits per heavy atom. The molecule has 2 aromatic carbocycles. The Morgan fingerprint density at radius 2 is 1.78 bits per heavy atom. The van der Waals surface area contributed by atoms with Gasteiger partial charge < -0.3 is 4.74 Å². The van der Waals surface area contributed by atoms with Gasteiger partial charge in [0.05, 0.1) is 22.8 Å². The second-order valence-electron chi connectivity index (χ2n) is 6.18. The highest BCUT2D eigenvalue weighted by molar-refractivity contribution is 6.42. The SMILES string of the molecule is Clc1cccc([C@@H]2OCN[C@H]2c2cncc(C#Cc3ccccc3)c2)c1Cl. The van der Waals surface area contributed by atoms with Crippen LogP contribution in [0.15, 0.2) is 67.0 Å². The third-order valence-corrected chi connectivity index (χ3v) is 5.23. The molecule has 1 N–H and O–H groups in total. The van der Waals surface area contributed by atoms with E-state index >= 15 is 0 Å². The van der Waals surface area contributed by atoms with Crippen molar-refractivity contribution in [3.8, 4) is 11.8 Å². The van der Waals surface area contributed by atoms with Crippen molar-refractivity contribution in [2.75, 3.05) is 6.73 Å². The molecule has 1 aliphatic rings. The first-order chi connectivity index (χ1) is 13.2. The number of nitrogens with zero attached hydrogens (tertiary/aromatic N) is 1. The highest BCUT2D eigenvalue weighted by atomic mass is 35.5. The van der Waals surface area contributed by atoms with E-state index in [0.717, 1.165) is 22.3 Å². The molecule has 1 saturated heterocycles. The van der Waals surface area contributed by atoms with Crippen LogP contribution in [0.4, 0.5) is 0 Å². The molecule has 3 aromatic rings. The maximum Gasteiger partial charge on any atom is 0.105 e. The Hall–Kier alpha value is -2.35. The molecular weight excluding hydrogens is 379 g/mol. The van der Waals surface area contributed by atoms with Crippen LogP contribution in [0, 0.1) is 11.8 Å². The van der Waals surface area contributed by atoms with Gasteiger partial charge in [-0.15, -0.1) is 0 Å². The molecule has 0 amide bonds. The number of pyridine rings is 1. The van der Waals surface area contributed by atoms with Crippen molar-refractivity contribution in [1.29, 1.82) is 0 Å². The van der Waals surface area contributed by atoms with E-state index in [1.54, 1.807) is 12.3 Å².